The van der Waals surface area contributed by atoms with Crippen LogP contribution in [0.25, 0.3) is 0 Å². The first kappa shape index (κ1) is 31.5. The molecule has 2 saturated heterocycles. The van der Waals surface area contributed by atoms with Crippen molar-refractivity contribution in [3.8, 4) is 0 Å². The number of ether oxygens (including phenoxy) is 2. The molecule has 2 heterocycles. The van der Waals surface area contributed by atoms with Gasteiger partial charge >= 0.3 is 0 Å². The van der Waals surface area contributed by atoms with Crippen molar-refractivity contribution in [2.75, 3.05) is 13.2 Å². The van der Waals surface area contributed by atoms with Crippen LogP contribution >= 0.6 is 0 Å². The number of aryl methyl sites for hydroxylation is 2. The highest BCUT2D eigenvalue weighted by molar-refractivity contribution is 5.52. The molecule has 0 aromatic heterocycles. The van der Waals surface area contributed by atoms with Gasteiger partial charge in [0.1, 0.15) is 61.0 Å². The van der Waals surface area contributed by atoms with Crippen LogP contribution in [0.5, 0.6) is 0 Å². The van der Waals surface area contributed by atoms with Crippen LogP contribution in [-0.4, -0.2) is 103 Å². The molecule has 10 heteroatoms. The van der Waals surface area contributed by atoms with Gasteiger partial charge in [-0.2, -0.15) is 0 Å². The van der Waals surface area contributed by atoms with Gasteiger partial charge in [0.15, 0.2) is 0 Å². The summed E-state index contributed by atoms with van der Waals surface area (Å²) in [5.74, 6) is 0. The Labute approximate surface area is 245 Å². The summed E-state index contributed by atoms with van der Waals surface area (Å²) >= 11 is 0. The molecule has 0 radical (unpaired) electrons. The van der Waals surface area contributed by atoms with E-state index in [1.807, 2.05) is 38.1 Å². The van der Waals surface area contributed by atoms with Gasteiger partial charge in [-0.1, -0.05) is 50.2 Å². The first-order valence-electron chi connectivity index (χ1n) is 14.7. The quantitative estimate of drug-likeness (QED) is 0.225. The lowest BCUT2D eigenvalue weighted by molar-refractivity contribution is -0.231. The summed E-state index contributed by atoms with van der Waals surface area (Å²) in [5.41, 5.74) is 4.99. The van der Waals surface area contributed by atoms with E-state index in [1.54, 1.807) is 0 Å². The largest absolute Gasteiger partial charge is 0.394 e. The normalized spacial score (nSPS) is 42.0. The molecule has 3 fully saturated rings. The maximum Gasteiger partial charge on any atom is 0.113 e. The smallest absolute Gasteiger partial charge is 0.113 e. The maximum atomic E-state index is 10.7. The Hall–Kier alpha value is -1.96. The third-order valence-electron chi connectivity index (χ3n) is 10.3. The number of hydrogen-bond donors (Lipinski definition) is 8. The second-order valence-corrected chi connectivity index (χ2v) is 12.6. The third kappa shape index (κ3) is 4.82. The van der Waals surface area contributed by atoms with Crippen LogP contribution in [0.15, 0.2) is 36.4 Å². The van der Waals surface area contributed by atoms with Crippen molar-refractivity contribution in [1.82, 2.24) is 0 Å². The molecule has 2 aliphatic heterocycles. The van der Waals surface area contributed by atoms with Gasteiger partial charge in [0.2, 0.25) is 0 Å². The van der Waals surface area contributed by atoms with Crippen molar-refractivity contribution in [2.24, 2.45) is 0 Å². The van der Waals surface area contributed by atoms with E-state index in [0.717, 1.165) is 35.1 Å². The van der Waals surface area contributed by atoms with E-state index in [0.29, 0.717) is 11.1 Å². The topological polar surface area (TPSA) is 180 Å². The fourth-order valence-electron chi connectivity index (χ4n) is 7.43. The van der Waals surface area contributed by atoms with Crippen LogP contribution in [0, 0.1) is 13.8 Å². The zero-order valence-electron chi connectivity index (χ0n) is 24.5. The van der Waals surface area contributed by atoms with Gasteiger partial charge in [-0.3, -0.25) is 0 Å². The molecule has 3 aliphatic rings. The highest BCUT2D eigenvalue weighted by Gasteiger charge is 2.64. The van der Waals surface area contributed by atoms with Crippen molar-refractivity contribution in [3.63, 3.8) is 0 Å². The summed E-state index contributed by atoms with van der Waals surface area (Å²) in [4.78, 5) is 0. The lowest BCUT2D eigenvalue weighted by atomic mass is 9.78. The molecule has 2 aromatic carbocycles. The molecule has 12 atom stereocenters. The zero-order valence-corrected chi connectivity index (χ0v) is 24.5. The van der Waals surface area contributed by atoms with Crippen LogP contribution in [0.4, 0.5) is 0 Å². The minimum Gasteiger partial charge on any atom is -0.394 e. The molecule has 8 N–H and O–H groups in total. The number of rotatable bonds is 7. The average Bonchev–Trinajstić information content (AvgIpc) is 3.62. The highest BCUT2D eigenvalue weighted by Crippen LogP contribution is 2.67. The zero-order chi connectivity index (χ0) is 30.7. The van der Waals surface area contributed by atoms with Crippen LogP contribution in [0.3, 0.4) is 0 Å². The Morgan fingerprint density at radius 2 is 1.10 bits per heavy atom. The predicted octanol–water partition coefficient (Wildman–Crippen LogP) is 0.343. The number of aliphatic hydroxyl groups excluding tert-OH is 8. The molecule has 0 spiro atoms. The summed E-state index contributed by atoms with van der Waals surface area (Å²) in [5, 5.41) is 81.4. The van der Waals surface area contributed by atoms with Crippen LogP contribution in [0.1, 0.15) is 72.3 Å². The SMILES string of the molecule is CCC1(c2ccc([C@H]3O[C@H](CO)[C@@H](O)[C@H](O)[C@@H]3O)c(C)c2)CC1(C)c1ccc([C@H]2O[C@H](CO)[C@@H](O)[C@H](O)[C@@H]2O)c(C)c1. The first-order chi connectivity index (χ1) is 19.8. The minimum atomic E-state index is -1.44. The Balaban J connectivity index is 1.41. The van der Waals surface area contributed by atoms with E-state index in [1.165, 1.54) is 0 Å². The number of benzene rings is 2. The van der Waals surface area contributed by atoms with E-state index in [2.05, 4.69) is 26.0 Å². The van der Waals surface area contributed by atoms with E-state index in [9.17, 15) is 40.9 Å². The van der Waals surface area contributed by atoms with Gasteiger partial charge < -0.3 is 50.3 Å². The summed E-state index contributed by atoms with van der Waals surface area (Å²) in [6.07, 6.45) is -10.4. The second kappa shape index (κ2) is 11.5. The van der Waals surface area contributed by atoms with Gasteiger partial charge in [-0.15, -0.1) is 0 Å². The maximum absolute atomic E-state index is 10.7. The highest BCUT2D eigenvalue weighted by atomic mass is 16.6. The Kier molecular flexibility index (Phi) is 8.63. The monoisotopic (exact) mass is 588 g/mol. The van der Waals surface area contributed by atoms with Gasteiger partial charge in [-0.05, 0) is 60.1 Å². The Bertz CT molecular complexity index is 1280. The van der Waals surface area contributed by atoms with Gasteiger partial charge in [0.05, 0.1) is 13.2 Å². The first-order valence-corrected chi connectivity index (χ1v) is 14.7. The summed E-state index contributed by atoms with van der Waals surface area (Å²) in [6.45, 7) is 7.25. The summed E-state index contributed by atoms with van der Waals surface area (Å²) in [6, 6.07) is 12.0. The molecular weight excluding hydrogens is 544 g/mol. The van der Waals surface area contributed by atoms with Crippen LogP contribution in [-0.2, 0) is 20.3 Å². The Morgan fingerprint density at radius 3 is 1.50 bits per heavy atom. The molecule has 5 rings (SSSR count). The molecule has 0 bridgehead atoms. The standard InChI is InChI=1S/C32H44O10/c1-5-32(18-7-9-20(16(3)11-18)30-28(40)26(38)24(36)22(13-34)42-30)14-31(32,4)17-6-8-19(15(2)10-17)29-27(39)25(37)23(35)21(12-33)41-29/h6-11,21-30,33-40H,5,12-14H2,1-4H3/t21-,22-,23-,24-,25+,26+,27+,28+,29-,30-,31?,32?/m1/s1. The summed E-state index contributed by atoms with van der Waals surface area (Å²) < 4.78 is 11.6. The molecule has 10 nitrogen and oxygen atoms in total. The molecule has 2 aromatic rings. The van der Waals surface area contributed by atoms with Crippen LogP contribution in [0.2, 0.25) is 0 Å². The predicted molar refractivity (Wildman–Crippen MR) is 152 cm³/mol. The van der Waals surface area contributed by atoms with Crippen molar-refractivity contribution >= 4 is 0 Å². The van der Waals surface area contributed by atoms with Crippen LogP contribution < -0.4 is 0 Å². The molecule has 0 amide bonds. The van der Waals surface area contributed by atoms with Crippen molar-refractivity contribution in [1.29, 1.82) is 0 Å². The van der Waals surface area contributed by atoms with Crippen molar-refractivity contribution in [3.05, 3.63) is 69.8 Å². The second-order valence-electron chi connectivity index (χ2n) is 12.6. The molecule has 1 saturated carbocycles. The van der Waals surface area contributed by atoms with Crippen molar-refractivity contribution < 1.29 is 50.3 Å². The van der Waals surface area contributed by atoms with E-state index in [4.69, 9.17) is 9.47 Å². The average molecular weight is 589 g/mol. The number of aliphatic hydroxyl groups is 8. The molecular formula is C32H44O10. The van der Waals surface area contributed by atoms with Gasteiger partial charge in [-0.25, -0.2) is 0 Å². The Morgan fingerprint density at radius 1 is 0.667 bits per heavy atom. The van der Waals surface area contributed by atoms with E-state index < -0.39 is 74.3 Å². The van der Waals surface area contributed by atoms with E-state index >= 15 is 0 Å². The number of hydrogen-bond acceptors (Lipinski definition) is 10. The lowest BCUT2D eigenvalue weighted by Crippen LogP contribution is -2.55. The molecule has 1 aliphatic carbocycles. The molecule has 232 valence electrons. The fourth-order valence-corrected chi connectivity index (χ4v) is 7.43. The lowest BCUT2D eigenvalue weighted by Gasteiger charge is -2.41. The summed E-state index contributed by atoms with van der Waals surface area (Å²) in [7, 11) is 0. The van der Waals surface area contributed by atoms with E-state index in [-0.39, 0.29) is 10.8 Å². The van der Waals surface area contributed by atoms with Gasteiger partial charge in [0, 0.05) is 10.8 Å². The molecule has 2 unspecified atom stereocenters. The van der Waals surface area contributed by atoms with Crippen molar-refractivity contribution in [2.45, 2.75) is 112 Å². The molecule has 42 heavy (non-hydrogen) atoms. The third-order valence-corrected chi connectivity index (χ3v) is 10.3. The van der Waals surface area contributed by atoms with Gasteiger partial charge in [0.25, 0.3) is 0 Å². The fraction of sp³-hybridized carbons (Fsp3) is 0.625. The minimum absolute atomic E-state index is 0.164.